The molecule has 2 aliphatic rings. The van der Waals surface area contributed by atoms with Crippen LogP contribution in [0.25, 0.3) is 0 Å². The Morgan fingerprint density at radius 1 is 1.40 bits per heavy atom. The second-order valence-corrected chi connectivity index (χ2v) is 6.51. The fourth-order valence-corrected chi connectivity index (χ4v) is 3.65. The molecule has 5 nitrogen and oxygen atoms in total. The van der Waals surface area contributed by atoms with E-state index in [0.717, 1.165) is 18.5 Å². The van der Waals surface area contributed by atoms with Gasteiger partial charge in [-0.15, -0.1) is 11.8 Å². The number of carbonyl (C=O) groups excluding carboxylic acids is 1. The monoisotopic (exact) mass is 292 g/mol. The van der Waals surface area contributed by atoms with Gasteiger partial charge in [0.15, 0.2) is 0 Å². The summed E-state index contributed by atoms with van der Waals surface area (Å²) in [6.07, 6.45) is 4.40. The van der Waals surface area contributed by atoms with Gasteiger partial charge in [0, 0.05) is 23.9 Å². The molecule has 20 heavy (non-hydrogen) atoms. The second-order valence-electron chi connectivity index (χ2n) is 5.28. The molecule has 106 valence electrons. The van der Waals surface area contributed by atoms with Crippen LogP contribution in [0.15, 0.2) is 18.3 Å². The van der Waals surface area contributed by atoms with Gasteiger partial charge in [-0.25, -0.2) is 0 Å². The molecule has 0 radical (unpaired) electrons. The lowest BCUT2D eigenvalue weighted by molar-refractivity contribution is -0.136. The van der Waals surface area contributed by atoms with Crippen molar-refractivity contribution in [2.45, 2.75) is 36.5 Å². The fraction of sp³-hybridized carbons (Fsp3) is 0.500. The van der Waals surface area contributed by atoms with Gasteiger partial charge in [-0.2, -0.15) is 0 Å². The maximum atomic E-state index is 12.3. The molecule has 0 aromatic carbocycles. The number of aromatic nitrogens is 1. The van der Waals surface area contributed by atoms with E-state index < -0.39 is 11.2 Å². The second kappa shape index (κ2) is 5.44. The molecule has 0 bridgehead atoms. The smallest absolute Gasteiger partial charge is 0.316 e. The number of nitrogens with zero attached hydrogens (tertiary/aromatic N) is 1. The highest BCUT2D eigenvalue weighted by Crippen LogP contribution is 2.40. The van der Waals surface area contributed by atoms with Crippen LogP contribution in [0, 0.1) is 0 Å². The molecular formula is C14H16N2O3S. The van der Waals surface area contributed by atoms with Gasteiger partial charge < -0.3 is 10.4 Å². The van der Waals surface area contributed by atoms with Crippen molar-refractivity contribution >= 4 is 23.6 Å². The van der Waals surface area contributed by atoms with Gasteiger partial charge in [0.1, 0.15) is 5.25 Å². The van der Waals surface area contributed by atoms with Crippen LogP contribution >= 0.6 is 11.8 Å². The maximum absolute atomic E-state index is 12.3. The molecule has 1 aromatic rings. The van der Waals surface area contributed by atoms with Crippen LogP contribution in [-0.2, 0) is 4.79 Å². The molecular weight excluding hydrogens is 276 g/mol. The Hall–Kier alpha value is -1.56. The predicted octanol–water partition coefficient (Wildman–Crippen LogP) is 1.65. The number of pyridine rings is 1. The first-order valence-corrected chi connectivity index (χ1v) is 7.80. The SMILES string of the molecule is O=C(N[C@@H]1CS[C@H](C(=O)O)C1)c1cccnc1C1CC1. The number of hydrogen-bond acceptors (Lipinski definition) is 4. The number of carboxylic acids is 1. The van der Waals surface area contributed by atoms with Crippen molar-refractivity contribution in [3.63, 3.8) is 0 Å². The lowest BCUT2D eigenvalue weighted by Crippen LogP contribution is -2.36. The molecule has 1 amide bonds. The Morgan fingerprint density at radius 2 is 2.20 bits per heavy atom. The summed E-state index contributed by atoms with van der Waals surface area (Å²) in [6, 6.07) is 3.50. The van der Waals surface area contributed by atoms with Crippen molar-refractivity contribution in [2.75, 3.05) is 5.75 Å². The van der Waals surface area contributed by atoms with Gasteiger partial charge >= 0.3 is 5.97 Å². The molecule has 2 fully saturated rings. The molecule has 0 spiro atoms. The number of nitrogens with one attached hydrogen (secondary N) is 1. The van der Waals surface area contributed by atoms with Crippen molar-refractivity contribution in [2.24, 2.45) is 0 Å². The van der Waals surface area contributed by atoms with Crippen LogP contribution in [0.2, 0.25) is 0 Å². The summed E-state index contributed by atoms with van der Waals surface area (Å²) in [6.45, 7) is 0. The Kier molecular flexibility index (Phi) is 3.65. The van der Waals surface area contributed by atoms with E-state index in [1.807, 2.05) is 0 Å². The average molecular weight is 292 g/mol. The fourth-order valence-electron chi connectivity index (χ4n) is 2.45. The minimum Gasteiger partial charge on any atom is -0.480 e. The van der Waals surface area contributed by atoms with Gasteiger partial charge in [0.05, 0.1) is 11.3 Å². The van der Waals surface area contributed by atoms with Gasteiger partial charge in [-0.1, -0.05) is 0 Å². The van der Waals surface area contributed by atoms with Gasteiger partial charge in [0.25, 0.3) is 5.91 Å². The molecule has 1 aromatic heterocycles. The zero-order chi connectivity index (χ0) is 14.1. The summed E-state index contributed by atoms with van der Waals surface area (Å²) >= 11 is 1.39. The molecule has 1 aliphatic carbocycles. The summed E-state index contributed by atoms with van der Waals surface area (Å²) in [4.78, 5) is 27.6. The summed E-state index contributed by atoms with van der Waals surface area (Å²) in [5, 5.41) is 11.5. The van der Waals surface area contributed by atoms with Crippen LogP contribution in [0.5, 0.6) is 0 Å². The van der Waals surface area contributed by atoms with E-state index in [-0.39, 0.29) is 11.9 Å². The highest BCUT2D eigenvalue weighted by molar-refractivity contribution is 8.00. The minimum absolute atomic E-state index is 0.0686. The highest BCUT2D eigenvalue weighted by Gasteiger charge is 2.33. The van der Waals surface area contributed by atoms with E-state index in [4.69, 9.17) is 5.11 Å². The minimum atomic E-state index is -0.799. The molecule has 6 heteroatoms. The average Bonchev–Trinajstić information content (AvgIpc) is 3.18. The largest absolute Gasteiger partial charge is 0.480 e. The first kappa shape index (κ1) is 13.4. The van der Waals surface area contributed by atoms with Crippen molar-refractivity contribution < 1.29 is 14.7 Å². The summed E-state index contributed by atoms with van der Waals surface area (Å²) < 4.78 is 0. The third kappa shape index (κ3) is 2.80. The number of aliphatic carboxylic acids is 1. The van der Waals surface area contributed by atoms with E-state index in [2.05, 4.69) is 10.3 Å². The Balaban J connectivity index is 1.67. The lowest BCUT2D eigenvalue weighted by Gasteiger charge is -2.13. The molecule has 3 rings (SSSR count). The summed E-state index contributed by atoms with van der Waals surface area (Å²) in [7, 11) is 0. The van der Waals surface area contributed by atoms with E-state index >= 15 is 0 Å². The molecule has 1 saturated heterocycles. The number of rotatable bonds is 4. The Labute approximate surface area is 121 Å². The first-order valence-electron chi connectivity index (χ1n) is 6.75. The van der Waals surface area contributed by atoms with Gasteiger partial charge in [-0.3, -0.25) is 14.6 Å². The number of carboxylic acid groups (broad SMARTS) is 1. The number of carbonyl (C=O) groups is 2. The van der Waals surface area contributed by atoms with Crippen molar-refractivity contribution in [1.82, 2.24) is 10.3 Å². The van der Waals surface area contributed by atoms with E-state index in [1.165, 1.54) is 11.8 Å². The normalized spacial score (nSPS) is 25.4. The van der Waals surface area contributed by atoms with Gasteiger partial charge in [0.2, 0.25) is 0 Å². The summed E-state index contributed by atoms with van der Waals surface area (Å²) in [5.74, 6) is 0.145. The zero-order valence-corrected chi connectivity index (χ0v) is 11.7. The van der Waals surface area contributed by atoms with Crippen molar-refractivity contribution in [1.29, 1.82) is 0 Å². The van der Waals surface area contributed by atoms with Crippen LogP contribution in [0.1, 0.15) is 41.2 Å². The predicted molar refractivity (Wildman–Crippen MR) is 76.0 cm³/mol. The molecule has 2 heterocycles. The number of amides is 1. The van der Waals surface area contributed by atoms with Crippen LogP contribution in [-0.4, -0.2) is 39.0 Å². The molecule has 1 aliphatic heterocycles. The molecule has 0 unspecified atom stereocenters. The topological polar surface area (TPSA) is 79.3 Å². The molecule has 1 saturated carbocycles. The van der Waals surface area contributed by atoms with E-state index in [0.29, 0.717) is 23.7 Å². The highest BCUT2D eigenvalue weighted by atomic mass is 32.2. The maximum Gasteiger partial charge on any atom is 0.316 e. The standard InChI is InChI=1S/C14H16N2O3S/c17-13(16-9-6-11(14(18)19)20-7-9)10-2-1-5-15-12(10)8-3-4-8/h1-2,5,8-9,11H,3-4,6-7H2,(H,16,17)(H,18,19)/t9-,11-/m0/s1. The van der Waals surface area contributed by atoms with Crippen LogP contribution < -0.4 is 5.32 Å². The third-order valence-corrected chi connectivity index (χ3v) is 5.05. The third-order valence-electron chi connectivity index (χ3n) is 3.66. The Morgan fingerprint density at radius 3 is 2.85 bits per heavy atom. The van der Waals surface area contributed by atoms with Crippen LogP contribution in [0.3, 0.4) is 0 Å². The van der Waals surface area contributed by atoms with E-state index in [1.54, 1.807) is 18.3 Å². The molecule has 2 atom stereocenters. The summed E-state index contributed by atoms with van der Waals surface area (Å²) in [5.41, 5.74) is 1.52. The number of thioether (sulfide) groups is 1. The van der Waals surface area contributed by atoms with Crippen molar-refractivity contribution in [3.05, 3.63) is 29.6 Å². The van der Waals surface area contributed by atoms with Crippen molar-refractivity contribution in [3.8, 4) is 0 Å². The van der Waals surface area contributed by atoms with Gasteiger partial charge in [-0.05, 0) is 31.4 Å². The van der Waals surface area contributed by atoms with Crippen LogP contribution in [0.4, 0.5) is 0 Å². The molecule has 2 N–H and O–H groups in total. The Bertz CT molecular complexity index is 545. The lowest BCUT2D eigenvalue weighted by atomic mass is 10.1. The quantitative estimate of drug-likeness (QED) is 0.882. The first-order chi connectivity index (χ1) is 9.65. The zero-order valence-electron chi connectivity index (χ0n) is 10.9. The van der Waals surface area contributed by atoms with E-state index in [9.17, 15) is 9.59 Å². The number of hydrogen-bond donors (Lipinski definition) is 2.